The minimum absolute atomic E-state index is 0.00331. The van der Waals surface area contributed by atoms with Crippen molar-refractivity contribution in [2.75, 3.05) is 0 Å². The third-order valence-electron chi connectivity index (χ3n) is 3.65. The zero-order valence-electron chi connectivity index (χ0n) is 13.6. The van der Waals surface area contributed by atoms with E-state index in [1.54, 1.807) is 18.5 Å². The van der Waals surface area contributed by atoms with Gasteiger partial charge in [-0.25, -0.2) is 9.02 Å². The molecule has 2 heterocycles. The molecular formula is C17H15ClFN5O2. The van der Waals surface area contributed by atoms with Gasteiger partial charge in [0.1, 0.15) is 17.2 Å². The second kappa shape index (κ2) is 8.50. The molecular weight excluding hydrogens is 361 g/mol. The molecule has 1 aromatic carbocycles. The van der Waals surface area contributed by atoms with E-state index in [4.69, 9.17) is 16.2 Å². The molecule has 0 bridgehead atoms. The number of hydrogen-bond donors (Lipinski definition) is 2. The molecule has 9 heteroatoms. The fourth-order valence-corrected chi connectivity index (χ4v) is 2.58. The summed E-state index contributed by atoms with van der Waals surface area (Å²) >= 11 is 5.78. The van der Waals surface area contributed by atoms with E-state index in [-0.39, 0.29) is 17.2 Å². The summed E-state index contributed by atoms with van der Waals surface area (Å²) in [6.07, 6.45) is 3.66. The van der Waals surface area contributed by atoms with Crippen LogP contribution in [-0.4, -0.2) is 26.2 Å². The van der Waals surface area contributed by atoms with E-state index < -0.39 is 5.82 Å². The van der Waals surface area contributed by atoms with Crippen LogP contribution in [0.4, 0.5) is 4.39 Å². The van der Waals surface area contributed by atoms with Crippen molar-refractivity contribution < 1.29 is 14.2 Å². The number of nitrogens with zero attached hydrogens (tertiary/aromatic N) is 4. The molecule has 0 aliphatic rings. The lowest BCUT2D eigenvalue weighted by molar-refractivity contribution is 0.300. The molecule has 134 valence electrons. The van der Waals surface area contributed by atoms with Crippen LogP contribution in [0.15, 0.2) is 52.5 Å². The van der Waals surface area contributed by atoms with Gasteiger partial charge in [0.15, 0.2) is 5.69 Å². The molecule has 0 atom stereocenters. The van der Waals surface area contributed by atoms with Crippen LogP contribution in [0, 0.1) is 5.82 Å². The zero-order valence-corrected chi connectivity index (χ0v) is 14.3. The molecule has 0 radical (unpaired) electrons. The van der Waals surface area contributed by atoms with Crippen LogP contribution >= 0.6 is 11.6 Å². The fourth-order valence-electron chi connectivity index (χ4n) is 2.38. The maximum atomic E-state index is 13.3. The maximum Gasteiger partial charge on any atom is 0.157 e. The standard InChI is InChI=1S/C17H15ClFN5O2/c18-13-6-11(3-4-14(13)19)7-15(22-25)17-16(23-26-24-17)10-21-9-12-2-1-5-20-8-12/h1-6,8,21,25H,7,9-10H2. The molecule has 0 amide bonds. The topological polar surface area (TPSA) is 96.4 Å². The maximum absolute atomic E-state index is 13.3. The zero-order chi connectivity index (χ0) is 18.4. The fraction of sp³-hybridized carbons (Fsp3) is 0.176. The van der Waals surface area contributed by atoms with Crippen LogP contribution in [0.1, 0.15) is 22.5 Å². The Morgan fingerprint density at radius 3 is 2.85 bits per heavy atom. The number of halogens is 2. The van der Waals surface area contributed by atoms with Crippen LogP contribution < -0.4 is 5.32 Å². The van der Waals surface area contributed by atoms with Crippen LogP contribution in [-0.2, 0) is 19.5 Å². The Bertz CT molecular complexity index is 901. The van der Waals surface area contributed by atoms with E-state index >= 15 is 0 Å². The minimum atomic E-state index is -0.513. The summed E-state index contributed by atoms with van der Waals surface area (Å²) in [5, 5.41) is 23.5. The summed E-state index contributed by atoms with van der Waals surface area (Å²) < 4.78 is 18.1. The third kappa shape index (κ3) is 4.41. The first-order chi connectivity index (χ1) is 12.7. The molecule has 0 aliphatic carbocycles. The first kappa shape index (κ1) is 18.0. The quantitative estimate of drug-likeness (QED) is 0.374. The van der Waals surface area contributed by atoms with Gasteiger partial charge in [-0.05, 0) is 34.5 Å². The van der Waals surface area contributed by atoms with Crippen LogP contribution in [0.5, 0.6) is 0 Å². The molecule has 2 N–H and O–H groups in total. The largest absolute Gasteiger partial charge is 0.411 e. The number of hydrogen-bond acceptors (Lipinski definition) is 7. The van der Waals surface area contributed by atoms with E-state index in [2.05, 4.69) is 25.8 Å². The molecule has 26 heavy (non-hydrogen) atoms. The van der Waals surface area contributed by atoms with Crippen molar-refractivity contribution in [2.45, 2.75) is 19.5 Å². The smallest absolute Gasteiger partial charge is 0.157 e. The molecule has 0 fully saturated rings. The molecule has 3 rings (SSSR count). The Labute approximate surface area is 153 Å². The summed E-state index contributed by atoms with van der Waals surface area (Å²) in [6.45, 7) is 0.941. The molecule has 3 aromatic rings. The number of nitrogens with one attached hydrogen (secondary N) is 1. The first-order valence-corrected chi connectivity index (χ1v) is 8.11. The van der Waals surface area contributed by atoms with Crippen LogP contribution in [0.3, 0.4) is 0 Å². The Kier molecular flexibility index (Phi) is 5.88. The van der Waals surface area contributed by atoms with E-state index in [0.29, 0.717) is 30.0 Å². The van der Waals surface area contributed by atoms with Gasteiger partial charge in [-0.3, -0.25) is 4.98 Å². The highest BCUT2D eigenvalue weighted by Crippen LogP contribution is 2.18. The molecule has 0 spiro atoms. The highest BCUT2D eigenvalue weighted by atomic mass is 35.5. The lowest BCUT2D eigenvalue weighted by Crippen LogP contribution is -2.17. The van der Waals surface area contributed by atoms with E-state index in [1.165, 1.54) is 12.1 Å². The second-order valence-corrected chi connectivity index (χ2v) is 5.90. The summed E-state index contributed by atoms with van der Waals surface area (Å²) in [6, 6.07) is 8.07. The second-order valence-electron chi connectivity index (χ2n) is 5.50. The van der Waals surface area contributed by atoms with Crippen molar-refractivity contribution >= 4 is 17.3 Å². The Morgan fingerprint density at radius 2 is 2.12 bits per heavy atom. The third-order valence-corrected chi connectivity index (χ3v) is 3.94. The highest BCUT2D eigenvalue weighted by Gasteiger charge is 2.18. The van der Waals surface area contributed by atoms with Crippen LogP contribution in [0.25, 0.3) is 0 Å². The summed E-state index contributed by atoms with van der Waals surface area (Å²) in [7, 11) is 0. The van der Waals surface area contributed by atoms with Gasteiger partial charge in [0.2, 0.25) is 0 Å². The Hall–Kier alpha value is -2.84. The average Bonchev–Trinajstić information content (AvgIpc) is 3.12. The summed E-state index contributed by atoms with van der Waals surface area (Å²) in [5.41, 5.74) is 2.75. The summed E-state index contributed by atoms with van der Waals surface area (Å²) in [4.78, 5) is 4.04. The number of pyridine rings is 1. The van der Waals surface area contributed by atoms with E-state index in [9.17, 15) is 9.60 Å². The number of aromatic nitrogens is 3. The number of rotatable bonds is 7. The van der Waals surface area contributed by atoms with Gasteiger partial charge in [-0.15, -0.1) is 0 Å². The van der Waals surface area contributed by atoms with Crippen molar-refractivity contribution in [3.05, 3.63) is 76.1 Å². The van der Waals surface area contributed by atoms with Crippen molar-refractivity contribution in [3.8, 4) is 0 Å². The predicted molar refractivity (Wildman–Crippen MR) is 92.5 cm³/mol. The molecule has 0 unspecified atom stereocenters. The Morgan fingerprint density at radius 1 is 1.23 bits per heavy atom. The highest BCUT2D eigenvalue weighted by molar-refractivity contribution is 6.30. The van der Waals surface area contributed by atoms with E-state index in [1.807, 2.05) is 12.1 Å². The van der Waals surface area contributed by atoms with Gasteiger partial charge in [-0.1, -0.05) is 34.0 Å². The normalized spacial score (nSPS) is 11.7. The molecule has 2 aromatic heterocycles. The number of benzene rings is 1. The van der Waals surface area contributed by atoms with Gasteiger partial charge in [0, 0.05) is 31.9 Å². The SMILES string of the molecule is ON=C(Cc1ccc(F)c(Cl)c1)c1nonc1CNCc1cccnc1. The summed E-state index contributed by atoms with van der Waals surface area (Å²) in [5.74, 6) is -0.513. The average molecular weight is 376 g/mol. The molecule has 7 nitrogen and oxygen atoms in total. The van der Waals surface area contributed by atoms with Gasteiger partial charge in [0.05, 0.1) is 5.02 Å². The number of oxime groups is 1. The van der Waals surface area contributed by atoms with E-state index in [0.717, 1.165) is 5.56 Å². The molecule has 0 saturated carbocycles. The Balaban J connectivity index is 1.68. The lowest BCUT2D eigenvalue weighted by Gasteiger charge is -2.06. The van der Waals surface area contributed by atoms with Crippen molar-refractivity contribution in [2.24, 2.45) is 5.16 Å². The van der Waals surface area contributed by atoms with Gasteiger partial charge in [0.25, 0.3) is 0 Å². The van der Waals surface area contributed by atoms with Gasteiger partial charge >= 0.3 is 0 Å². The van der Waals surface area contributed by atoms with Gasteiger partial charge < -0.3 is 10.5 Å². The predicted octanol–water partition coefficient (Wildman–Crippen LogP) is 2.97. The van der Waals surface area contributed by atoms with Crippen molar-refractivity contribution in [1.29, 1.82) is 0 Å². The van der Waals surface area contributed by atoms with Crippen molar-refractivity contribution in [1.82, 2.24) is 20.6 Å². The van der Waals surface area contributed by atoms with Crippen molar-refractivity contribution in [3.63, 3.8) is 0 Å². The first-order valence-electron chi connectivity index (χ1n) is 7.73. The molecule has 0 saturated heterocycles. The van der Waals surface area contributed by atoms with Crippen LogP contribution in [0.2, 0.25) is 5.02 Å². The molecule has 0 aliphatic heterocycles. The monoisotopic (exact) mass is 375 g/mol. The lowest BCUT2D eigenvalue weighted by atomic mass is 10.0. The van der Waals surface area contributed by atoms with Gasteiger partial charge in [-0.2, -0.15) is 0 Å². The minimum Gasteiger partial charge on any atom is -0.411 e.